The third-order valence-electron chi connectivity index (χ3n) is 8.63. The summed E-state index contributed by atoms with van der Waals surface area (Å²) in [5.41, 5.74) is 0.714. The molecule has 3 fully saturated rings. The van der Waals surface area contributed by atoms with Crippen LogP contribution in [0.3, 0.4) is 0 Å². The molecule has 2 unspecified atom stereocenters. The summed E-state index contributed by atoms with van der Waals surface area (Å²) >= 11 is 1.59. The van der Waals surface area contributed by atoms with Crippen LogP contribution in [-0.2, 0) is 19.1 Å². The Bertz CT molecular complexity index is 1330. The molecule has 39 heavy (non-hydrogen) atoms. The van der Waals surface area contributed by atoms with Crippen LogP contribution < -0.4 is 4.90 Å². The van der Waals surface area contributed by atoms with Crippen molar-refractivity contribution in [3.63, 3.8) is 0 Å². The molecule has 0 saturated carbocycles. The number of anilines is 1. The number of fused-ring (bicyclic) bond motifs is 2. The molecule has 3 aliphatic rings. The molecule has 2 aromatic rings. The minimum absolute atomic E-state index is 0.210. The van der Waals surface area contributed by atoms with Crippen LogP contribution in [-0.4, -0.2) is 69.1 Å². The molecule has 1 spiro atoms. The van der Waals surface area contributed by atoms with Crippen LogP contribution >= 0.6 is 11.8 Å². The number of carbonyl (C=O) groups is 3. The largest absolute Gasteiger partial charge is 0.465 e. The van der Waals surface area contributed by atoms with Gasteiger partial charge in [0.25, 0.3) is 5.91 Å². The molecule has 6 atom stereocenters. The number of esters is 1. The Kier molecular flexibility index (Phi) is 7.37. The second-order valence-corrected chi connectivity index (χ2v) is 12.9. The third kappa shape index (κ3) is 4.28. The number of thioether (sulfide) groups is 1. The van der Waals surface area contributed by atoms with Gasteiger partial charge in [-0.05, 0) is 56.0 Å². The van der Waals surface area contributed by atoms with Gasteiger partial charge in [0, 0.05) is 17.0 Å². The Morgan fingerprint density at radius 2 is 1.95 bits per heavy atom. The van der Waals surface area contributed by atoms with E-state index in [2.05, 4.69) is 13.2 Å². The molecule has 2 aromatic carbocycles. The van der Waals surface area contributed by atoms with Gasteiger partial charge in [0.15, 0.2) is 0 Å². The molecule has 0 radical (unpaired) electrons. The lowest BCUT2D eigenvalue weighted by atomic mass is 9.66. The maximum Gasteiger partial charge on any atom is 0.311 e. The zero-order chi connectivity index (χ0) is 27.9. The van der Waals surface area contributed by atoms with Crippen molar-refractivity contribution in [2.24, 2.45) is 11.8 Å². The summed E-state index contributed by atoms with van der Waals surface area (Å²) in [5, 5.41) is 12.2. The molecule has 2 bridgehead atoms. The normalized spacial score (nSPS) is 29.8. The number of benzene rings is 2. The van der Waals surface area contributed by atoms with Crippen LogP contribution in [0.5, 0.6) is 0 Å². The third-order valence-corrected chi connectivity index (χ3v) is 10.6. The number of aliphatic hydroxyl groups excluding tert-OH is 1. The maximum absolute atomic E-state index is 14.6. The smallest absolute Gasteiger partial charge is 0.311 e. The van der Waals surface area contributed by atoms with Crippen molar-refractivity contribution in [1.29, 1.82) is 0 Å². The van der Waals surface area contributed by atoms with Gasteiger partial charge in [-0.15, -0.1) is 24.9 Å². The fraction of sp³-hybridized carbons (Fsp3) is 0.452. The quantitative estimate of drug-likeness (QED) is 0.270. The van der Waals surface area contributed by atoms with E-state index >= 15 is 0 Å². The van der Waals surface area contributed by atoms with E-state index < -0.39 is 39.4 Å². The molecule has 0 aromatic heterocycles. The molecule has 3 heterocycles. The maximum atomic E-state index is 14.6. The van der Waals surface area contributed by atoms with Crippen molar-refractivity contribution in [2.45, 2.75) is 54.7 Å². The molecule has 0 aliphatic carbocycles. The molecule has 3 saturated heterocycles. The Balaban J connectivity index is 1.57. The van der Waals surface area contributed by atoms with E-state index in [1.165, 1.54) is 0 Å². The topological polar surface area (TPSA) is 87.1 Å². The number of aliphatic hydroxyl groups is 1. The minimum Gasteiger partial charge on any atom is -0.465 e. The van der Waals surface area contributed by atoms with Crippen molar-refractivity contribution in [3.8, 4) is 0 Å². The number of rotatable bonds is 10. The van der Waals surface area contributed by atoms with Crippen molar-refractivity contribution in [2.75, 3.05) is 24.7 Å². The van der Waals surface area contributed by atoms with Gasteiger partial charge in [0.1, 0.15) is 6.04 Å². The molecule has 206 valence electrons. The van der Waals surface area contributed by atoms with Gasteiger partial charge in [-0.3, -0.25) is 14.4 Å². The van der Waals surface area contributed by atoms with Gasteiger partial charge in [0.05, 0.1) is 35.8 Å². The summed E-state index contributed by atoms with van der Waals surface area (Å²) in [7, 11) is 0. The fourth-order valence-corrected chi connectivity index (χ4v) is 9.17. The molecule has 3 aliphatic heterocycles. The van der Waals surface area contributed by atoms with Crippen LogP contribution in [0.2, 0.25) is 0 Å². The molecule has 2 amide bonds. The van der Waals surface area contributed by atoms with Crippen molar-refractivity contribution >= 4 is 46.0 Å². The zero-order valence-electron chi connectivity index (χ0n) is 22.5. The van der Waals surface area contributed by atoms with Gasteiger partial charge in [0.2, 0.25) is 5.91 Å². The second kappa shape index (κ2) is 10.5. The highest BCUT2D eigenvalue weighted by Crippen LogP contribution is 2.71. The highest BCUT2D eigenvalue weighted by molar-refractivity contribution is 8.02. The van der Waals surface area contributed by atoms with E-state index in [1.807, 2.05) is 49.4 Å². The standard InChI is InChI=1S/C31H36N2O5S/c1-5-7-17-38-29(37)25-24-27(35)33(20(3)19-34)26(31(24)15-14-30(25,4)39-31)28(36)32(16-6-2)23-13-12-21-10-8-9-11-22(21)18-23/h5-6,8-13,18,20,24-26,34H,1-2,7,14-17,19H2,3-4H3/t20-,24+,25-,26?,30+,31?/m1/s1. The summed E-state index contributed by atoms with van der Waals surface area (Å²) in [6.07, 6.45) is 5.23. The van der Waals surface area contributed by atoms with E-state index in [9.17, 15) is 19.5 Å². The lowest BCUT2D eigenvalue weighted by molar-refractivity contribution is -0.155. The van der Waals surface area contributed by atoms with Crippen molar-refractivity contribution < 1.29 is 24.2 Å². The van der Waals surface area contributed by atoms with Gasteiger partial charge < -0.3 is 19.6 Å². The average molecular weight is 549 g/mol. The summed E-state index contributed by atoms with van der Waals surface area (Å²) in [6, 6.07) is 12.4. The van der Waals surface area contributed by atoms with Gasteiger partial charge >= 0.3 is 5.97 Å². The molecule has 1 N–H and O–H groups in total. The van der Waals surface area contributed by atoms with Crippen LogP contribution in [0.4, 0.5) is 5.69 Å². The first-order chi connectivity index (χ1) is 18.7. The number of carbonyl (C=O) groups excluding carboxylic acids is 3. The summed E-state index contributed by atoms with van der Waals surface area (Å²) < 4.78 is 4.30. The van der Waals surface area contributed by atoms with E-state index in [4.69, 9.17) is 4.74 Å². The Morgan fingerprint density at radius 1 is 1.21 bits per heavy atom. The van der Waals surface area contributed by atoms with Gasteiger partial charge in [-0.25, -0.2) is 0 Å². The molecule has 7 nitrogen and oxygen atoms in total. The average Bonchev–Trinajstić information content (AvgIpc) is 3.51. The first kappa shape index (κ1) is 27.5. The Labute approximate surface area is 233 Å². The Hall–Kier alpha value is -3.10. The van der Waals surface area contributed by atoms with E-state index in [0.29, 0.717) is 24.9 Å². The van der Waals surface area contributed by atoms with Crippen LogP contribution in [0.1, 0.15) is 33.1 Å². The summed E-state index contributed by atoms with van der Waals surface area (Å²) in [4.78, 5) is 45.4. The predicted octanol–water partition coefficient (Wildman–Crippen LogP) is 4.34. The zero-order valence-corrected chi connectivity index (χ0v) is 23.4. The Morgan fingerprint density at radius 3 is 2.64 bits per heavy atom. The molecule has 8 heteroatoms. The number of ether oxygens (including phenoxy) is 1. The minimum atomic E-state index is -0.832. The first-order valence-electron chi connectivity index (χ1n) is 13.5. The summed E-state index contributed by atoms with van der Waals surface area (Å²) in [6.45, 7) is 11.5. The number of amides is 2. The molecular formula is C31H36N2O5S. The summed E-state index contributed by atoms with van der Waals surface area (Å²) in [5.74, 6) is -2.22. The highest BCUT2D eigenvalue weighted by atomic mass is 32.2. The van der Waals surface area contributed by atoms with E-state index in [-0.39, 0.29) is 31.6 Å². The molecule has 5 rings (SSSR count). The van der Waals surface area contributed by atoms with Crippen LogP contribution in [0.15, 0.2) is 67.8 Å². The number of nitrogens with zero attached hydrogens (tertiary/aromatic N) is 2. The second-order valence-electron chi connectivity index (χ2n) is 11.0. The van der Waals surface area contributed by atoms with Crippen molar-refractivity contribution in [1.82, 2.24) is 4.90 Å². The van der Waals surface area contributed by atoms with Crippen LogP contribution in [0.25, 0.3) is 10.8 Å². The fourth-order valence-electron chi connectivity index (χ4n) is 6.84. The lowest BCUT2D eigenvalue weighted by Crippen LogP contribution is -2.57. The lowest BCUT2D eigenvalue weighted by Gasteiger charge is -2.38. The monoisotopic (exact) mass is 548 g/mol. The van der Waals surface area contributed by atoms with Crippen molar-refractivity contribution in [3.05, 3.63) is 67.8 Å². The predicted molar refractivity (Wildman–Crippen MR) is 154 cm³/mol. The number of hydrogen-bond donors (Lipinski definition) is 1. The van der Waals surface area contributed by atoms with Gasteiger partial charge in [-0.1, -0.05) is 42.5 Å². The van der Waals surface area contributed by atoms with Crippen LogP contribution in [0, 0.1) is 11.8 Å². The number of hydrogen-bond acceptors (Lipinski definition) is 6. The first-order valence-corrected chi connectivity index (χ1v) is 14.4. The van der Waals surface area contributed by atoms with Gasteiger partial charge in [-0.2, -0.15) is 0 Å². The molecular weight excluding hydrogens is 512 g/mol. The number of likely N-dealkylation sites (tertiary alicyclic amines) is 1. The van der Waals surface area contributed by atoms with E-state index in [0.717, 1.165) is 10.8 Å². The highest BCUT2D eigenvalue weighted by Gasteiger charge is 2.78. The SMILES string of the molecule is C=CCCOC(=O)[C@H]1[C@H]2C(=O)N([C@H](C)CO)C(C(=O)N(CC=C)c3ccc4ccccc4c3)C23CC[C@]1(C)S3. The van der Waals surface area contributed by atoms with E-state index in [1.54, 1.807) is 40.6 Å².